The van der Waals surface area contributed by atoms with E-state index in [-0.39, 0.29) is 15.9 Å². The van der Waals surface area contributed by atoms with Crippen LogP contribution in [0.1, 0.15) is 6.92 Å². The van der Waals surface area contributed by atoms with E-state index in [4.69, 9.17) is 32.5 Å². The molecule has 1 aromatic heterocycles. The van der Waals surface area contributed by atoms with Gasteiger partial charge in [0.2, 0.25) is 6.49 Å². The van der Waals surface area contributed by atoms with Crippen LogP contribution in [0, 0.1) is 0 Å². The Morgan fingerprint density at radius 2 is 2.11 bits per heavy atom. The molecule has 6 nitrogen and oxygen atoms in total. The molecule has 0 bridgehead atoms. The predicted octanol–water partition coefficient (Wildman–Crippen LogP) is 1.83. The molecule has 0 amide bonds. The van der Waals surface area contributed by atoms with E-state index in [1.54, 1.807) is 0 Å². The van der Waals surface area contributed by atoms with Gasteiger partial charge in [-0.25, -0.2) is 8.42 Å². The van der Waals surface area contributed by atoms with Crippen LogP contribution in [0.5, 0.6) is 5.88 Å². The maximum atomic E-state index is 11.5. The Morgan fingerprint density at radius 3 is 2.44 bits per heavy atom. The monoisotopic (exact) mass is 332 g/mol. The van der Waals surface area contributed by atoms with Crippen molar-refractivity contribution < 1.29 is 17.5 Å². The first-order chi connectivity index (χ1) is 8.14. The van der Waals surface area contributed by atoms with Gasteiger partial charge in [-0.1, -0.05) is 18.5 Å². The number of hydrogen-bond donors (Lipinski definition) is 0. The van der Waals surface area contributed by atoms with Gasteiger partial charge >= 0.3 is 0 Å². The molecule has 1 rings (SSSR count). The van der Waals surface area contributed by atoms with Crippen molar-refractivity contribution in [2.45, 2.75) is 11.9 Å². The highest BCUT2D eigenvalue weighted by Crippen LogP contribution is 2.49. The van der Waals surface area contributed by atoms with Crippen LogP contribution < -0.4 is 4.52 Å². The minimum atomic E-state index is -3.49. The highest BCUT2D eigenvalue weighted by atomic mass is 35.5. The average molecular weight is 333 g/mol. The summed E-state index contributed by atoms with van der Waals surface area (Å²) in [6.45, 7) is -0.693. The van der Waals surface area contributed by atoms with Crippen LogP contribution in [-0.4, -0.2) is 37.7 Å². The van der Waals surface area contributed by atoms with Gasteiger partial charge in [-0.3, -0.25) is 4.68 Å². The van der Waals surface area contributed by atoms with Gasteiger partial charge in [0, 0.05) is 26.6 Å². The quantitative estimate of drug-likeness (QED) is 0.766. The largest absolute Gasteiger partial charge is 0.422 e. The minimum absolute atomic E-state index is 0.00775. The second kappa shape index (κ2) is 5.46. The zero-order valence-electron chi connectivity index (χ0n) is 10.4. The molecule has 0 spiro atoms. The third kappa shape index (κ3) is 3.24. The molecule has 1 unspecified atom stereocenters. The predicted molar refractivity (Wildman–Crippen MR) is 73.8 cm³/mol. The Bertz CT molecular complexity index is 590. The summed E-state index contributed by atoms with van der Waals surface area (Å²) in [4.78, 5) is 0. The molecular weight excluding hydrogens is 319 g/mol. The molecule has 0 aliphatic heterocycles. The Balaban J connectivity index is 3.27. The van der Waals surface area contributed by atoms with Gasteiger partial charge < -0.3 is 9.05 Å². The summed E-state index contributed by atoms with van der Waals surface area (Å²) < 4.78 is 34.8. The van der Waals surface area contributed by atoms with Crippen molar-refractivity contribution in [2.75, 3.05) is 19.5 Å². The third-order valence-electron chi connectivity index (χ3n) is 2.15. The van der Waals surface area contributed by atoms with E-state index in [0.29, 0.717) is 6.16 Å². The lowest BCUT2D eigenvalue weighted by Gasteiger charge is -2.17. The Kier molecular flexibility index (Phi) is 4.83. The summed E-state index contributed by atoms with van der Waals surface area (Å²) in [6.07, 6.45) is 1.53. The van der Waals surface area contributed by atoms with Gasteiger partial charge in [0.05, 0.1) is 0 Å². The van der Waals surface area contributed by atoms with Crippen LogP contribution in [0.25, 0.3) is 0 Å². The summed E-state index contributed by atoms with van der Waals surface area (Å²) in [5, 5.41) is 3.75. The van der Waals surface area contributed by atoms with E-state index in [1.807, 2.05) is 6.92 Å². The average Bonchev–Trinajstić information content (AvgIpc) is 2.53. The van der Waals surface area contributed by atoms with Crippen molar-refractivity contribution in [3.05, 3.63) is 5.02 Å². The van der Waals surface area contributed by atoms with Crippen molar-refractivity contribution in [3.8, 4) is 5.88 Å². The summed E-state index contributed by atoms with van der Waals surface area (Å²) in [5.74, 6) is -0.00775. The first kappa shape index (κ1) is 15.9. The molecular formula is C8H14ClN2O4PS2. The highest BCUT2D eigenvalue weighted by molar-refractivity contribution is 8.10. The zero-order valence-corrected chi connectivity index (χ0v) is 13.7. The second-order valence-electron chi connectivity index (χ2n) is 3.52. The van der Waals surface area contributed by atoms with Crippen molar-refractivity contribution in [1.82, 2.24) is 9.78 Å². The molecule has 104 valence electrons. The molecule has 18 heavy (non-hydrogen) atoms. The number of aromatic nitrogens is 2. The lowest BCUT2D eigenvalue weighted by Crippen LogP contribution is -2.05. The van der Waals surface area contributed by atoms with Gasteiger partial charge in [-0.2, -0.15) is 0 Å². The number of rotatable bonds is 5. The number of halogens is 1. The Labute approximate surface area is 116 Å². The SMILES string of the molecule is CCP(=S)(OC)Oc1nn(C)c(S(C)(=O)=O)c1Cl. The standard InChI is InChI=1S/C8H14ClN2O4PS2/c1-5-16(17,14-3)15-7-6(9)8(11(2)10-7)18(4,12)13/h5H2,1-4H3. The van der Waals surface area contributed by atoms with Crippen LogP contribution >= 0.6 is 18.1 Å². The first-order valence-electron chi connectivity index (χ1n) is 4.91. The van der Waals surface area contributed by atoms with Crippen molar-refractivity contribution in [1.29, 1.82) is 0 Å². The van der Waals surface area contributed by atoms with E-state index in [9.17, 15) is 8.42 Å². The van der Waals surface area contributed by atoms with E-state index in [1.165, 1.54) is 14.2 Å². The maximum Gasteiger partial charge on any atom is 0.258 e. The Morgan fingerprint density at radius 1 is 1.56 bits per heavy atom. The number of sulfone groups is 1. The van der Waals surface area contributed by atoms with Crippen molar-refractivity contribution in [2.24, 2.45) is 7.05 Å². The normalized spacial score (nSPS) is 15.4. The molecule has 0 aliphatic rings. The lowest BCUT2D eigenvalue weighted by molar-refractivity contribution is 0.386. The molecule has 1 aromatic rings. The van der Waals surface area contributed by atoms with Crippen LogP contribution in [0.15, 0.2) is 5.03 Å². The minimum Gasteiger partial charge on any atom is -0.422 e. The van der Waals surface area contributed by atoms with E-state index in [2.05, 4.69) is 5.10 Å². The molecule has 10 heteroatoms. The molecule has 1 atom stereocenters. The fourth-order valence-electron chi connectivity index (χ4n) is 1.28. The molecule has 0 aromatic carbocycles. The first-order valence-corrected chi connectivity index (χ1v) is 10.0. The van der Waals surface area contributed by atoms with Crippen LogP contribution in [0.4, 0.5) is 0 Å². The summed E-state index contributed by atoms with van der Waals surface area (Å²) in [7, 11) is -0.574. The topological polar surface area (TPSA) is 70.4 Å². The summed E-state index contributed by atoms with van der Waals surface area (Å²) in [5.41, 5.74) is 0. The smallest absolute Gasteiger partial charge is 0.258 e. The second-order valence-corrected chi connectivity index (χ2v) is 9.90. The van der Waals surface area contributed by atoms with Gasteiger partial charge in [0.15, 0.2) is 14.9 Å². The van der Waals surface area contributed by atoms with Gasteiger partial charge in [0.25, 0.3) is 5.88 Å². The zero-order chi connectivity index (χ0) is 14.1. The van der Waals surface area contributed by atoms with E-state index >= 15 is 0 Å². The number of hydrogen-bond acceptors (Lipinski definition) is 6. The Hall–Kier alpha value is -0.140. The van der Waals surface area contributed by atoms with Gasteiger partial charge in [-0.05, 0) is 11.8 Å². The summed E-state index contributed by atoms with van der Waals surface area (Å²) >= 11 is 11.2. The highest BCUT2D eigenvalue weighted by Gasteiger charge is 2.27. The van der Waals surface area contributed by atoms with E-state index < -0.39 is 16.3 Å². The third-order valence-corrected chi connectivity index (χ3v) is 7.00. The van der Waals surface area contributed by atoms with Crippen LogP contribution in [0.3, 0.4) is 0 Å². The lowest BCUT2D eigenvalue weighted by atomic mass is 10.7. The number of aryl methyl sites for hydroxylation is 1. The van der Waals surface area contributed by atoms with Gasteiger partial charge in [-0.15, -0.1) is 5.10 Å². The summed E-state index contributed by atoms with van der Waals surface area (Å²) in [6, 6.07) is 0. The molecule has 0 aliphatic carbocycles. The molecule has 1 heterocycles. The molecule has 0 radical (unpaired) electrons. The molecule has 0 fully saturated rings. The fourth-order valence-corrected chi connectivity index (χ4v) is 3.95. The van der Waals surface area contributed by atoms with Crippen molar-refractivity contribution >= 4 is 39.7 Å². The van der Waals surface area contributed by atoms with Crippen LogP contribution in [0.2, 0.25) is 5.02 Å². The van der Waals surface area contributed by atoms with Gasteiger partial charge in [0.1, 0.15) is 5.02 Å². The maximum absolute atomic E-state index is 11.5. The van der Waals surface area contributed by atoms with E-state index in [0.717, 1.165) is 10.9 Å². The molecule has 0 saturated heterocycles. The fraction of sp³-hybridized carbons (Fsp3) is 0.625. The molecule has 0 saturated carbocycles. The van der Waals surface area contributed by atoms with Crippen LogP contribution in [-0.2, 0) is 33.2 Å². The molecule has 0 N–H and O–H groups in total. The number of nitrogens with zero attached hydrogens (tertiary/aromatic N) is 2. The van der Waals surface area contributed by atoms with Crippen molar-refractivity contribution in [3.63, 3.8) is 0 Å².